The zero-order valence-electron chi connectivity index (χ0n) is 16.3. The van der Waals surface area contributed by atoms with E-state index in [1.165, 1.54) is 9.80 Å². The van der Waals surface area contributed by atoms with Crippen LogP contribution in [0.25, 0.3) is 0 Å². The summed E-state index contributed by atoms with van der Waals surface area (Å²) < 4.78 is 37.9. The molecule has 1 saturated heterocycles. The molecule has 0 aromatic rings. The van der Waals surface area contributed by atoms with Gasteiger partial charge in [-0.05, 0) is 25.3 Å². The maximum Gasteiger partial charge on any atom is 0.401 e. The lowest BCUT2D eigenvalue weighted by molar-refractivity contribution is -0.146. The van der Waals surface area contributed by atoms with E-state index in [4.69, 9.17) is 0 Å². The van der Waals surface area contributed by atoms with Crippen molar-refractivity contribution in [3.8, 4) is 0 Å². The monoisotopic (exact) mass is 379 g/mol. The van der Waals surface area contributed by atoms with Gasteiger partial charge in [-0.15, -0.1) is 0 Å². The third-order valence-electron chi connectivity index (χ3n) is 4.35. The molecule has 1 fully saturated rings. The Morgan fingerprint density at radius 2 is 2.00 bits per heavy atom. The van der Waals surface area contributed by atoms with Gasteiger partial charge in [0.1, 0.15) is 6.54 Å². The Morgan fingerprint density at radius 1 is 1.31 bits per heavy atom. The minimum Gasteiger partial charge on any atom is -0.356 e. The molecule has 9 heteroatoms. The van der Waals surface area contributed by atoms with Crippen LogP contribution in [0.15, 0.2) is 4.99 Å². The highest BCUT2D eigenvalue weighted by molar-refractivity contribution is 5.85. The summed E-state index contributed by atoms with van der Waals surface area (Å²) in [4.78, 5) is 21.2. The van der Waals surface area contributed by atoms with E-state index in [2.05, 4.69) is 10.3 Å². The van der Waals surface area contributed by atoms with E-state index in [9.17, 15) is 18.0 Å². The topological polar surface area (TPSA) is 51.2 Å². The Labute approximate surface area is 154 Å². The highest BCUT2D eigenvalue weighted by atomic mass is 19.4. The molecule has 0 aromatic carbocycles. The molecule has 1 aliphatic heterocycles. The number of alkyl halides is 3. The molecule has 26 heavy (non-hydrogen) atoms. The van der Waals surface area contributed by atoms with Crippen LogP contribution in [0.4, 0.5) is 13.2 Å². The number of likely N-dealkylation sites (tertiary alicyclic amines) is 1. The highest BCUT2D eigenvalue weighted by Gasteiger charge is 2.33. The van der Waals surface area contributed by atoms with Gasteiger partial charge in [0.15, 0.2) is 5.96 Å². The molecule has 1 aliphatic rings. The normalized spacial score (nSPS) is 18.5. The molecule has 0 spiro atoms. The maximum atomic E-state index is 12.6. The van der Waals surface area contributed by atoms with E-state index in [1.807, 2.05) is 11.8 Å². The number of likely N-dealkylation sites (N-methyl/N-ethyl adjacent to an activating group) is 1. The summed E-state index contributed by atoms with van der Waals surface area (Å²) in [5, 5.41) is 3.24. The number of guanidine groups is 1. The van der Waals surface area contributed by atoms with Crippen molar-refractivity contribution in [2.75, 3.05) is 59.9 Å². The number of hydrogen-bond donors (Lipinski definition) is 1. The molecule has 0 aromatic heterocycles. The number of nitrogens with one attached hydrogen (secondary N) is 1. The molecule has 1 amide bonds. The molecule has 0 saturated carbocycles. The van der Waals surface area contributed by atoms with Crippen molar-refractivity contribution in [3.05, 3.63) is 0 Å². The third-order valence-corrected chi connectivity index (χ3v) is 4.35. The summed E-state index contributed by atoms with van der Waals surface area (Å²) in [6.45, 7) is 5.92. The van der Waals surface area contributed by atoms with E-state index in [1.54, 1.807) is 21.0 Å². The lowest BCUT2D eigenvalue weighted by Gasteiger charge is -2.26. The van der Waals surface area contributed by atoms with Gasteiger partial charge < -0.3 is 15.1 Å². The van der Waals surface area contributed by atoms with Crippen LogP contribution in [-0.4, -0.2) is 92.7 Å². The molecule has 1 rings (SSSR count). The molecule has 152 valence electrons. The summed E-state index contributed by atoms with van der Waals surface area (Å²) in [5.41, 5.74) is 0. The van der Waals surface area contributed by atoms with E-state index in [-0.39, 0.29) is 18.4 Å². The predicted molar refractivity (Wildman–Crippen MR) is 97.1 cm³/mol. The van der Waals surface area contributed by atoms with E-state index >= 15 is 0 Å². The van der Waals surface area contributed by atoms with Crippen LogP contribution < -0.4 is 5.32 Å². The predicted octanol–water partition coefficient (Wildman–Crippen LogP) is 1.64. The number of hydrogen-bond acceptors (Lipinski definition) is 3. The summed E-state index contributed by atoms with van der Waals surface area (Å²) in [7, 11) is 3.37. The Morgan fingerprint density at radius 3 is 2.54 bits per heavy atom. The number of halogens is 3. The van der Waals surface area contributed by atoms with Gasteiger partial charge in [0.05, 0.1) is 6.54 Å². The number of rotatable bonds is 8. The largest absolute Gasteiger partial charge is 0.401 e. The molecule has 1 heterocycles. The van der Waals surface area contributed by atoms with Crippen LogP contribution in [-0.2, 0) is 4.79 Å². The van der Waals surface area contributed by atoms with Crippen molar-refractivity contribution >= 4 is 11.9 Å². The molecule has 1 atom stereocenters. The molecular formula is C17H32F3N5O. The second kappa shape index (κ2) is 10.6. The van der Waals surface area contributed by atoms with Crippen molar-refractivity contribution in [1.82, 2.24) is 20.0 Å². The second-order valence-corrected chi connectivity index (χ2v) is 6.90. The molecule has 0 radical (unpaired) electrons. The number of carbonyl (C=O) groups excluding carboxylic acids is 1. The minimum atomic E-state index is -4.17. The first kappa shape index (κ1) is 22.5. The number of nitrogens with zero attached hydrogens (tertiary/aromatic N) is 4. The van der Waals surface area contributed by atoms with Gasteiger partial charge in [0.25, 0.3) is 0 Å². The summed E-state index contributed by atoms with van der Waals surface area (Å²) in [6, 6.07) is 0. The van der Waals surface area contributed by atoms with Crippen LogP contribution in [0.5, 0.6) is 0 Å². The van der Waals surface area contributed by atoms with Crippen molar-refractivity contribution < 1.29 is 18.0 Å². The van der Waals surface area contributed by atoms with E-state index in [0.717, 1.165) is 25.9 Å². The van der Waals surface area contributed by atoms with Gasteiger partial charge in [-0.25, -0.2) is 4.99 Å². The van der Waals surface area contributed by atoms with Crippen LogP contribution >= 0.6 is 0 Å². The van der Waals surface area contributed by atoms with Gasteiger partial charge >= 0.3 is 6.18 Å². The fourth-order valence-electron chi connectivity index (χ4n) is 2.89. The Bertz CT molecular complexity index is 468. The zero-order valence-corrected chi connectivity index (χ0v) is 16.3. The Balaban J connectivity index is 2.65. The Kier molecular flexibility index (Phi) is 9.18. The smallest absolute Gasteiger partial charge is 0.356 e. The fraction of sp³-hybridized carbons (Fsp3) is 0.882. The molecule has 0 aliphatic carbocycles. The van der Waals surface area contributed by atoms with Crippen molar-refractivity contribution in [1.29, 1.82) is 0 Å². The van der Waals surface area contributed by atoms with Crippen LogP contribution in [0.1, 0.15) is 26.7 Å². The number of amides is 1. The first-order valence-electron chi connectivity index (χ1n) is 9.18. The first-order valence-corrected chi connectivity index (χ1v) is 9.18. The van der Waals surface area contributed by atoms with Gasteiger partial charge in [-0.2, -0.15) is 13.2 Å². The van der Waals surface area contributed by atoms with Crippen LogP contribution in [0.3, 0.4) is 0 Å². The summed E-state index contributed by atoms with van der Waals surface area (Å²) in [5.74, 6) is 0.748. The van der Waals surface area contributed by atoms with Gasteiger partial charge in [-0.3, -0.25) is 9.69 Å². The van der Waals surface area contributed by atoms with Crippen molar-refractivity contribution in [3.63, 3.8) is 0 Å². The quantitative estimate of drug-likeness (QED) is 0.515. The van der Waals surface area contributed by atoms with Crippen molar-refractivity contribution in [2.24, 2.45) is 10.9 Å². The zero-order chi connectivity index (χ0) is 19.7. The van der Waals surface area contributed by atoms with Crippen molar-refractivity contribution in [2.45, 2.75) is 32.9 Å². The fourth-order valence-corrected chi connectivity index (χ4v) is 2.89. The Hall–Kier alpha value is -1.51. The molecule has 1 unspecified atom stereocenters. The van der Waals surface area contributed by atoms with Gasteiger partial charge in [0.2, 0.25) is 5.91 Å². The van der Waals surface area contributed by atoms with Gasteiger partial charge in [0, 0.05) is 40.3 Å². The summed E-state index contributed by atoms with van der Waals surface area (Å²) in [6.07, 6.45) is -2.42. The average molecular weight is 379 g/mol. The maximum absolute atomic E-state index is 12.6. The molecular weight excluding hydrogens is 347 g/mol. The number of carbonyl (C=O) groups is 1. The SMILES string of the molecule is CCCNC(=NCC(=O)N(C)C)N1CCC(CN(CC)CC(F)(F)F)C1. The molecule has 0 bridgehead atoms. The number of aliphatic imine (C=N–C) groups is 1. The van der Waals surface area contributed by atoms with Gasteiger partial charge in [-0.1, -0.05) is 13.8 Å². The third kappa shape index (κ3) is 8.25. The second-order valence-electron chi connectivity index (χ2n) is 6.90. The lowest BCUT2D eigenvalue weighted by atomic mass is 10.1. The minimum absolute atomic E-state index is 0.0649. The lowest BCUT2D eigenvalue weighted by Crippen LogP contribution is -2.42. The van der Waals surface area contributed by atoms with Crippen LogP contribution in [0.2, 0.25) is 0 Å². The van der Waals surface area contributed by atoms with E-state index < -0.39 is 12.7 Å². The molecule has 1 N–H and O–H groups in total. The highest BCUT2D eigenvalue weighted by Crippen LogP contribution is 2.21. The molecule has 6 nitrogen and oxygen atoms in total. The first-order chi connectivity index (χ1) is 12.2. The summed E-state index contributed by atoms with van der Waals surface area (Å²) >= 11 is 0. The van der Waals surface area contributed by atoms with Crippen LogP contribution in [0, 0.1) is 5.92 Å². The standard InChI is InChI=1S/C17H32F3N5O/c1-5-8-21-16(22-10-15(26)23(3)4)25-9-7-14(12-25)11-24(6-2)13-17(18,19)20/h14H,5-13H2,1-4H3,(H,21,22). The average Bonchev–Trinajstić information content (AvgIpc) is 3.00. The van der Waals surface area contributed by atoms with E-state index in [0.29, 0.717) is 25.6 Å².